The Kier molecular flexibility index (Phi) is 13.8. The van der Waals surface area contributed by atoms with E-state index in [9.17, 15) is 0 Å². The van der Waals surface area contributed by atoms with Gasteiger partial charge >= 0.3 is 8.24 Å². The topological polar surface area (TPSA) is 108 Å². The zero-order valence-corrected chi connectivity index (χ0v) is 45.4. The average Bonchev–Trinajstić information content (AvgIpc) is 3.56. The molecule has 0 atom stereocenters. The lowest BCUT2D eigenvalue weighted by molar-refractivity contribution is 0.319. The predicted octanol–water partition coefficient (Wildman–Crippen LogP) is 17.7. The lowest BCUT2D eigenvalue weighted by atomic mass is 9.81. The van der Waals surface area contributed by atoms with E-state index in [0.29, 0.717) is 51.8 Å². The van der Waals surface area contributed by atoms with Crippen LogP contribution in [0, 0.1) is 0 Å². The van der Waals surface area contributed by atoms with Gasteiger partial charge in [-0.2, -0.15) is 0 Å². The zero-order valence-electron chi connectivity index (χ0n) is 43.6. The van der Waals surface area contributed by atoms with Crippen molar-refractivity contribution in [2.24, 2.45) is 0 Å². The van der Waals surface area contributed by atoms with Crippen LogP contribution in [0.1, 0.15) is 105 Å². The Morgan fingerprint density at radius 1 is 0.414 bits per heavy atom. The molecule has 0 aliphatic carbocycles. The van der Waals surface area contributed by atoms with Crippen LogP contribution in [-0.2, 0) is 27.8 Å². The van der Waals surface area contributed by atoms with E-state index in [1.807, 2.05) is 78.9 Å². The summed E-state index contributed by atoms with van der Waals surface area (Å²) in [5.41, 5.74) is 6.45. The standard InChI is InChI=1S/C58H68O10P2/c1-55(2,3)45-31-35(59-13)27-41(51(45)63-25-26-69-64-49-23-19-17-21-39(49)40-22-18-20-24-50(40)65-69)42-28-36(60-14)32-46(56(4,5)6)52(42)66-70-67-53-43(29-37(61-15)33-47(53)57(7,8)9)44-30-38(62-16)34-48(54(44)68-70)58(10,11)12/h17-24,27-34H,25-26H2,1-16H3. The molecule has 70 heavy (non-hydrogen) atoms. The van der Waals surface area contributed by atoms with Gasteiger partial charge in [-0.25, -0.2) is 0 Å². The van der Waals surface area contributed by atoms with E-state index in [-0.39, 0.29) is 22.9 Å². The highest BCUT2D eigenvalue weighted by molar-refractivity contribution is 7.36. The minimum absolute atomic E-state index is 0.287. The molecule has 0 N–H and O–H groups in total. The number of ether oxygens (including phenoxy) is 5. The summed E-state index contributed by atoms with van der Waals surface area (Å²) in [6.45, 7) is 26.3. The summed E-state index contributed by atoms with van der Waals surface area (Å²) in [5, 5.41) is 3.62. The summed E-state index contributed by atoms with van der Waals surface area (Å²) in [6, 6.07) is 32.3. The van der Waals surface area contributed by atoms with Gasteiger partial charge in [-0.3, -0.25) is 0 Å². The van der Waals surface area contributed by atoms with E-state index in [4.69, 9.17) is 45.0 Å². The van der Waals surface area contributed by atoms with Crippen LogP contribution in [0.5, 0.6) is 34.5 Å². The van der Waals surface area contributed by atoms with Crippen molar-refractivity contribution in [2.75, 3.05) is 35.0 Å². The van der Waals surface area contributed by atoms with Crippen molar-refractivity contribution in [1.82, 2.24) is 0 Å². The first kappa shape index (κ1) is 50.3. The maximum absolute atomic E-state index is 7.44. The summed E-state index contributed by atoms with van der Waals surface area (Å²) in [5.74, 6) is 3.95. The number of methoxy groups -OCH3 is 4. The molecule has 0 saturated carbocycles. The van der Waals surface area contributed by atoms with Crippen LogP contribution in [0.3, 0.4) is 0 Å². The summed E-state index contributed by atoms with van der Waals surface area (Å²) in [4.78, 5) is 0. The van der Waals surface area contributed by atoms with Gasteiger partial charge in [0.05, 0.1) is 34.6 Å². The molecule has 2 heterocycles. The van der Waals surface area contributed by atoms with Crippen molar-refractivity contribution < 1.29 is 45.0 Å². The number of benzene rings is 6. The number of rotatable bonds is 11. The van der Waals surface area contributed by atoms with Gasteiger partial charge in [0, 0.05) is 54.9 Å². The maximum Gasteiger partial charge on any atom is 0.453 e. The summed E-state index contributed by atoms with van der Waals surface area (Å²) in [7, 11) is 3.07. The molecule has 12 heteroatoms. The number of hydrogen-bond donors (Lipinski definition) is 0. The first-order valence-corrected chi connectivity index (χ1v) is 26.2. The molecular formula is C58H68O10P2. The van der Waals surface area contributed by atoms with E-state index in [2.05, 4.69) is 101 Å². The van der Waals surface area contributed by atoms with Crippen molar-refractivity contribution in [3.05, 3.63) is 119 Å². The lowest BCUT2D eigenvalue weighted by Crippen LogP contribution is -2.16. The van der Waals surface area contributed by atoms with Crippen molar-refractivity contribution in [3.8, 4) is 45.6 Å². The molecule has 0 spiro atoms. The lowest BCUT2D eigenvalue weighted by Gasteiger charge is -2.28. The van der Waals surface area contributed by atoms with Gasteiger partial charge in [0.15, 0.2) is 0 Å². The third kappa shape index (κ3) is 10.2. The molecule has 6 aromatic carbocycles. The Morgan fingerprint density at radius 3 is 1.20 bits per heavy atom. The molecule has 8 rings (SSSR count). The van der Waals surface area contributed by atoms with E-state index in [0.717, 1.165) is 66.1 Å². The van der Waals surface area contributed by atoms with E-state index < -0.39 is 21.7 Å². The van der Waals surface area contributed by atoms with E-state index >= 15 is 0 Å². The van der Waals surface area contributed by atoms with Crippen LogP contribution in [0.4, 0.5) is 0 Å². The fourth-order valence-electron chi connectivity index (χ4n) is 8.73. The van der Waals surface area contributed by atoms with Crippen molar-refractivity contribution in [2.45, 2.75) is 111 Å². The van der Waals surface area contributed by atoms with Crippen molar-refractivity contribution in [1.29, 1.82) is 0 Å². The highest BCUT2D eigenvalue weighted by Crippen LogP contribution is 2.53. The maximum atomic E-state index is 7.44. The third-order valence-corrected chi connectivity index (χ3v) is 14.8. The van der Waals surface area contributed by atoms with E-state index in [1.54, 1.807) is 28.4 Å². The first-order chi connectivity index (χ1) is 33.0. The Labute approximate surface area is 414 Å². The molecule has 8 aromatic rings. The largest absolute Gasteiger partial charge is 0.497 e. The molecule has 370 valence electrons. The van der Waals surface area contributed by atoms with Gasteiger partial charge in [0.1, 0.15) is 63.4 Å². The quantitative estimate of drug-likeness (QED) is 0.124. The molecule has 0 amide bonds. The van der Waals surface area contributed by atoms with Gasteiger partial charge in [0.25, 0.3) is 0 Å². The van der Waals surface area contributed by atoms with Crippen LogP contribution in [0.2, 0.25) is 0 Å². The van der Waals surface area contributed by atoms with Gasteiger partial charge in [0.2, 0.25) is 8.01 Å². The highest BCUT2D eigenvalue weighted by atomic mass is 31.1. The second kappa shape index (κ2) is 19.3. The molecule has 0 saturated heterocycles. The zero-order chi connectivity index (χ0) is 50.5. The van der Waals surface area contributed by atoms with Gasteiger partial charge in [-0.05, 0) is 82.3 Å². The minimum atomic E-state index is -2.23. The summed E-state index contributed by atoms with van der Waals surface area (Å²) >= 11 is 0. The van der Waals surface area contributed by atoms with Crippen LogP contribution in [0.15, 0.2) is 114 Å². The molecule has 2 aromatic heterocycles. The summed E-state index contributed by atoms with van der Waals surface area (Å²) < 4.78 is 66.3. The average molecular weight is 987 g/mol. The van der Waals surface area contributed by atoms with Crippen LogP contribution < -0.4 is 28.2 Å². The molecule has 0 bridgehead atoms. The van der Waals surface area contributed by atoms with Gasteiger partial charge in [-0.1, -0.05) is 119 Å². The molecule has 0 aliphatic rings. The SMILES string of the molecule is COc1cc(-c2cc(OC)cc(C(C)(C)C)c2Op2oc3c(C(C)(C)C)cc(OC)cc3c3cc(OC)cc(C(C)(C)C)c3o2)c(OCCp2oc3ccccc3c3ccccc3o2)c(C(C)(C)C)c1. The molecular weight excluding hydrogens is 919 g/mol. The van der Waals surface area contributed by atoms with Gasteiger partial charge in [-0.15, -0.1) is 0 Å². The second-order valence-electron chi connectivity index (χ2n) is 21.8. The Hall–Kier alpha value is -6.08. The molecule has 0 radical (unpaired) electrons. The molecule has 0 aliphatic heterocycles. The van der Waals surface area contributed by atoms with E-state index in [1.165, 1.54) is 0 Å². The van der Waals surface area contributed by atoms with Gasteiger partial charge < -0.3 is 45.0 Å². The van der Waals surface area contributed by atoms with Crippen molar-refractivity contribution in [3.63, 3.8) is 0 Å². The smallest absolute Gasteiger partial charge is 0.453 e. The summed E-state index contributed by atoms with van der Waals surface area (Å²) in [6.07, 6.45) is 0.482. The Bertz CT molecular complexity index is 3180. The highest BCUT2D eigenvalue weighted by Gasteiger charge is 2.32. The monoisotopic (exact) mass is 986 g/mol. The Morgan fingerprint density at radius 2 is 0.786 bits per heavy atom. The van der Waals surface area contributed by atoms with Crippen LogP contribution in [-0.4, -0.2) is 35.0 Å². The fourth-order valence-corrected chi connectivity index (χ4v) is 11.1. The Balaban J connectivity index is 1.40. The first-order valence-electron chi connectivity index (χ1n) is 23.7. The molecule has 0 fully saturated rings. The predicted molar refractivity (Wildman–Crippen MR) is 287 cm³/mol. The van der Waals surface area contributed by atoms with Crippen molar-refractivity contribution >= 4 is 60.1 Å². The normalized spacial score (nSPS) is 12.4. The van der Waals surface area contributed by atoms with Crippen LogP contribution >= 0.6 is 16.3 Å². The fraction of sp³-hybridized carbons (Fsp3) is 0.379. The number of hydrogen-bond acceptors (Lipinski definition) is 10. The minimum Gasteiger partial charge on any atom is -0.497 e. The third-order valence-electron chi connectivity index (χ3n) is 12.5. The number of fused-ring (bicyclic) bond motifs is 6. The number of para-hydroxylation sites is 2. The molecule has 0 unspecified atom stereocenters. The second-order valence-corrected chi connectivity index (χ2v) is 24.3. The molecule has 10 nitrogen and oxygen atoms in total. The van der Waals surface area contributed by atoms with Crippen LogP contribution in [0.25, 0.3) is 55.0 Å².